The monoisotopic (exact) mass is 341 g/mol. The molecule has 1 amide bonds. The molecule has 24 heavy (non-hydrogen) atoms. The molecule has 7 heteroatoms. The van der Waals surface area contributed by atoms with Gasteiger partial charge in [-0.05, 0) is 24.3 Å². The average Bonchev–Trinajstić information content (AvgIpc) is 3.14. The number of thiazole rings is 1. The maximum Gasteiger partial charge on any atom is 0.241 e. The highest BCUT2D eigenvalue weighted by Crippen LogP contribution is 2.12. The van der Waals surface area contributed by atoms with Crippen molar-refractivity contribution in [2.45, 2.75) is 6.54 Å². The van der Waals surface area contributed by atoms with Gasteiger partial charge in [0, 0.05) is 49.5 Å². The lowest BCUT2D eigenvalue weighted by molar-refractivity contribution is -0.131. The number of nitrogens with zero attached hydrogens (tertiary/aromatic N) is 4. The summed E-state index contributed by atoms with van der Waals surface area (Å²) < 4.78 is 0. The molecule has 0 radical (unpaired) electrons. The number of carbonyl (C=O) groups is 1. The lowest BCUT2D eigenvalue weighted by Crippen LogP contribution is -2.49. The Hall–Kier alpha value is -2.43. The van der Waals surface area contributed by atoms with Crippen LogP contribution in [-0.4, -0.2) is 53.4 Å². The molecular weight excluding hydrogens is 322 g/mol. The van der Waals surface area contributed by atoms with E-state index in [0.29, 0.717) is 5.56 Å². The standard InChI is InChI=1S/C17H19N5OS/c18-9-14-1-3-15(4-2-14)20-11-17(23)22-7-5-21(6-8-22)12-16-10-19-13-24-16/h1-4,10,13,20H,5-8,11-12H2. The second kappa shape index (κ2) is 7.90. The van der Waals surface area contributed by atoms with Crippen LogP contribution in [0, 0.1) is 11.3 Å². The van der Waals surface area contributed by atoms with E-state index in [4.69, 9.17) is 5.26 Å². The molecule has 0 spiro atoms. The van der Waals surface area contributed by atoms with Crippen molar-refractivity contribution in [3.05, 3.63) is 46.4 Å². The Bertz CT molecular complexity index is 700. The Kier molecular flexibility index (Phi) is 5.41. The van der Waals surface area contributed by atoms with Gasteiger partial charge in [-0.1, -0.05) is 0 Å². The summed E-state index contributed by atoms with van der Waals surface area (Å²) in [4.78, 5) is 21.9. The summed E-state index contributed by atoms with van der Waals surface area (Å²) in [5.41, 5.74) is 3.32. The van der Waals surface area contributed by atoms with Gasteiger partial charge in [0.1, 0.15) is 0 Å². The quantitative estimate of drug-likeness (QED) is 0.897. The molecule has 2 heterocycles. The maximum absolute atomic E-state index is 12.3. The summed E-state index contributed by atoms with van der Waals surface area (Å²) >= 11 is 1.67. The SMILES string of the molecule is N#Cc1ccc(NCC(=O)N2CCN(Cc3cncs3)CC2)cc1. The Morgan fingerprint density at radius 1 is 1.25 bits per heavy atom. The minimum Gasteiger partial charge on any atom is -0.376 e. The van der Waals surface area contributed by atoms with E-state index in [0.717, 1.165) is 38.4 Å². The number of carbonyl (C=O) groups excluding carboxylic acids is 1. The number of hydrogen-bond acceptors (Lipinski definition) is 6. The number of anilines is 1. The number of amides is 1. The first-order valence-corrected chi connectivity index (χ1v) is 8.74. The normalized spacial score (nSPS) is 15.0. The molecule has 0 aliphatic carbocycles. The molecule has 1 saturated heterocycles. The van der Waals surface area contributed by atoms with Crippen molar-refractivity contribution in [3.63, 3.8) is 0 Å². The van der Waals surface area contributed by atoms with E-state index in [1.165, 1.54) is 4.88 Å². The van der Waals surface area contributed by atoms with Crippen molar-refractivity contribution >= 4 is 22.9 Å². The molecule has 1 aromatic heterocycles. The van der Waals surface area contributed by atoms with Crippen LogP contribution in [0.1, 0.15) is 10.4 Å². The first kappa shape index (κ1) is 16.4. The predicted octanol–water partition coefficient (Wildman–Crippen LogP) is 1.77. The molecular formula is C17H19N5OS. The third kappa shape index (κ3) is 4.31. The smallest absolute Gasteiger partial charge is 0.241 e. The molecule has 0 saturated carbocycles. The minimum absolute atomic E-state index is 0.108. The van der Waals surface area contributed by atoms with Crippen LogP contribution in [0.3, 0.4) is 0 Å². The van der Waals surface area contributed by atoms with Gasteiger partial charge in [0.25, 0.3) is 0 Å². The topological polar surface area (TPSA) is 72.3 Å². The summed E-state index contributed by atoms with van der Waals surface area (Å²) in [6.45, 7) is 4.48. The van der Waals surface area contributed by atoms with Crippen LogP contribution in [0.15, 0.2) is 36.0 Å². The minimum atomic E-state index is 0.108. The van der Waals surface area contributed by atoms with Crippen LogP contribution in [0.4, 0.5) is 5.69 Å². The number of benzene rings is 1. The van der Waals surface area contributed by atoms with E-state index in [2.05, 4.69) is 21.3 Å². The van der Waals surface area contributed by atoms with E-state index in [9.17, 15) is 4.79 Å². The fourth-order valence-electron chi connectivity index (χ4n) is 2.65. The van der Waals surface area contributed by atoms with E-state index in [1.807, 2.05) is 28.7 Å². The number of nitrogens with one attached hydrogen (secondary N) is 1. The molecule has 1 aliphatic rings. The molecule has 0 unspecified atom stereocenters. The molecule has 6 nitrogen and oxygen atoms in total. The number of piperazine rings is 1. The van der Waals surface area contributed by atoms with Crippen LogP contribution >= 0.6 is 11.3 Å². The van der Waals surface area contributed by atoms with Gasteiger partial charge in [0.15, 0.2) is 0 Å². The second-order valence-electron chi connectivity index (χ2n) is 5.67. The largest absolute Gasteiger partial charge is 0.376 e. The maximum atomic E-state index is 12.3. The Balaban J connectivity index is 1.42. The Morgan fingerprint density at radius 3 is 2.62 bits per heavy atom. The summed E-state index contributed by atoms with van der Waals surface area (Å²) in [5, 5.41) is 11.9. The molecule has 1 aromatic carbocycles. The summed E-state index contributed by atoms with van der Waals surface area (Å²) in [6.07, 6.45) is 1.91. The highest BCUT2D eigenvalue weighted by atomic mass is 32.1. The molecule has 124 valence electrons. The third-order valence-electron chi connectivity index (χ3n) is 4.05. The van der Waals surface area contributed by atoms with E-state index < -0.39 is 0 Å². The van der Waals surface area contributed by atoms with E-state index in [-0.39, 0.29) is 12.5 Å². The lowest BCUT2D eigenvalue weighted by Gasteiger charge is -2.34. The number of rotatable bonds is 5. The molecule has 0 bridgehead atoms. The van der Waals surface area contributed by atoms with Gasteiger partial charge in [0.05, 0.1) is 23.7 Å². The lowest BCUT2D eigenvalue weighted by atomic mass is 10.2. The zero-order valence-corrected chi connectivity index (χ0v) is 14.1. The summed E-state index contributed by atoms with van der Waals surface area (Å²) in [6, 6.07) is 9.20. The first-order chi connectivity index (χ1) is 11.7. The van der Waals surface area contributed by atoms with Gasteiger partial charge in [-0.25, -0.2) is 0 Å². The van der Waals surface area contributed by atoms with E-state index >= 15 is 0 Å². The number of nitriles is 1. The molecule has 0 atom stereocenters. The molecule has 2 aromatic rings. The summed E-state index contributed by atoms with van der Waals surface area (Å²) in [7, 11) is 0. The zero-order chi connectivity index (χ0) is 16.8. The molecule has 1 N–H and O–H groups in total. The van der Waals surface area contributed by atoms with Crippen LogP contribution in [0.5, 0.6) is 0 Å². The predicted molar refractivity (Wildman–Crippen MR) is 93.6 cm³/mol. The van der Waals surface area contributed by atoms with Gasteiger partial charge in [-0.2, -0.15) is 5.26 Å². The van der Waals surface area contributed by atoms with Crippen molar-refractivity contribution in [1.82, 2.24) is 14.8 Å². The van der Waals surface area contributed by atoms with Gasteiger partial charge in [0.2, 0.25) is 5.91 Å². The van der Waals surface area contributed by atoms with Crippen LogP contribution in [0.25, 0.3) is 0 Å². The van der Waals surface area contributed by atoms with Gasteiger partial charge < -0.3 is 10.2 Å². The fraction of sp³-hybridized carbons (Fsp3) is 0.353. The first-order valence-electron chi connectivity index (χ1n) is 7.86. The van der Waals surface area contributed by atoms with Crippen molar-refractivity contribution in [2.75, 3.05) is 38.0 Å². The summed E-state index contributed by atoms with van der Waals surface area (Å²) in [5.74, 6) is 0.108. The van der Waals surface area contributed by atoms with Gasteiger partial charge in [-0.3, -0.25) is 14.7 Å². The van der Waals surface area contributed by atoms with Crippen molar-refractivity contribution < 1.29 is 4.79 Å². The molecule has 1 fully saturated rings. The van der Waals surface area contributed by atoms with Crippen LogP contribution in [-0.2, 0) is 11.3 Å². The van der Waals surface area contributed by atoms with Crippen molar-refractivity contribution in [2.24, 2.45) is 0 Å². The van der Waals surface area contributed by atoms with E-state index in [1.54, 1.807) is 23.5 Å². The highest BCUT2D eigenvalue weighted by molar-refractivity contribution is 7.09. The third-order valence-corrected chi connectivity index (χ3v) is 4.81. The van der Waals surface area contributed by atoms with Gasteiger partial charge >= 0.3 is 0 Å². The van der Waals surface area contributed by atoms with Crippen molar-refractivity contribution in [1.29, 1.82) is 5.26 Å². The van der Waals surface area contributed by atoms with Crippen LogP contribution in [0.2, 0.25) is 0 Å². The zero-order valence-electron chi connectivity index (χ0n) is 13.3. The Labute approximate surface area is 145 Å². The van der Waals surface area contributed by atoms with Crippen molar-refractivity contribution in [3.8, 4) is 6.07 Å². The average molecular weight is 341 g/mol. The Morgan fingerprint density at radius 2 is 2.00 bits per heavy atom. The van der Waals surface area contributed by atoms with Gasteiger partial charge in [-0.15, -0.1) is 11.3 Å². The number of hydrogen-bond donors (Lipinski definition) is 1. The number of aromatic nitrogens is 1. The fourth-order valence-corrected chi connectivity index (χ4v) is 3.28. The molecule has 3 rings (SSSR count). The van der Waals surface area contributed by atoms with Crippen LogP contribution < -0.4 is 5.32 Å². The second-order valence-corrected chi connectivity index (χ2v) is 6.64. The molecule has 1 aliphatic heterocycles. The highest BCUT2D eigenvalue weighted by Gasteiger charge is 2.21.